The van der Waals surface area contributed by atoms with Crippen LogP contribution in [0, 0.1) is 36.5 Å². The average Bonchev–Trinajstić information content (AvgIpc) is 3.67. The van der Waals surface area contributed by atoms with Crippen molar-refractivity contribution in [1.82, 2.24) is 4.98 Å². The second-order valence-electron chi connectivity index (χ2n) is 11.1. The lowest BCUT2D eigenvalue weighted by atomic mass is 9.68. The number of nitrogens with zero attached hydrogens (tertiary/aromatic N) is 1. The van der Waals surface area contributed by atoms with E-state index in [0.29, 0.717) is 16.5 Å². The predicted molar refractivity (Wildman–Crippen MR) is 156 cm³/mol. The summed E-state index contributed by atoms with van der Waals surface area (Å²) in [6, 6.07) is 12.8. The van der Waals surface area contributed by atoms with Crippen LogP contribution in [0.1, 0.15) is 35.3 Å². The minimum atomic E-state index is -0.480. The van der Waals surface area contributed by atoms with Gasteiger partial charge in [0.25, 0.3) is 0 Å². The molecule has 2 bridgehead atoms. The largest absolute Gasteiger partial charge is 0.482 e. The Balaban J connectivity index is 1.30. The van der Waals surface area contributed by atoms with Gasteiger partial charge in [-0.25, -0.2) is 4.79 Å². The van der Waals surface area contributed by atoms with Crippen LogP contribution in [0.15, 0.2) is 52.3 Å². The number of benzene rings is 2. The van der Waals surface area contributed by atoms with Crippen molar-refractivity contribution in [2.24, 2.45) is 29.6 Å². The summed E-state index contributed by atoms with van der Waals surface area (Å²) in [4.78, 5) is 57.6. The fourth-order valence-corrected chi connectivity index (χ4v) is 10.6. The molecule has 0 radical (unpaired) electrons. The number of amides is 2. The quantitative estimate of drug-likeness (QED) is 0.309. The maximum absolute atomic E-state index is 13.9. The standard InChI is InChI=1S/C30H27ClN2O6S2/c1-3-38-20(34)12-39-19-9-6-14(31)10-16(19)21-22-17-11-18(25(22)40-27-26(21)41-30(37)32-27)24-23(17)28(35)33(29(24)36)15-7-4-13(2)5-8-15/h4-10,17-18,21-25H,3,11-12H2,1-2H3,(H,32,37)/t17?,18?,21-,22?,23?,24?,25?/m1/s1. The first-order valence-corrected chi connectivity index (χ1v) is 15.8. The number of hydrogen-bond acceptors (Lipinski definition) is 8. The highest BCUT2D eigenvalue weighted by molar-refractivity contribution is 8.00. The molecular formula is C30H27ClN2O6S2. The number of carbonyl (C=O) groups excluding carboxylic acids is 3. The number of thioether (sulfide) groups is 1. The molecule has 3 aromatic rings. The van der Waals surface area contributed by atoms with Crippen LogP contribution in [-0.2, 0) is 19.1 Å². The third-order valence-corrected chi connectivity index (χ3v) is 11.8. The number of aromatic amines is 1. The molecule has 3 heterocycles. The molecule has 2 aromatic carbocycles. The summed E-state index contributed by atoms with van der Waals surface area (Å²) in [6.45, 7) is 3.69. The molecule has 11 heteroatoms. The normalized spacial score (nSPS) is 29.3. The Hall–Kier alpha value is -3.08. The lowest BCUT2D eigenvalue weighted by Gasteiger charge is -2.43. The van der Waals surface area contributed by atoms with Gasteiger partial charge in [0.15, 0.2) is 6.61 Å². The van der Waals surface area contributed by atoms with Crippen molar-refractivity contribution in [3.8, 4) is 5.75 Å². The number of anilines is 1. The number of carbonyl (C=O) groups is 3. The van der Waals surface area contributed by atoms with Crippen LogP contribution in [0.5, 0.6) is 5.75 Å². The predicted octanol–water partition coefficient (Wildman–Crippen LogP) is 5.02. The number of aromatic nitrogens is 1. The van der Waals surface area contributed by atoms with Gasteiger partial charge in [-0.1, -0.05) is 40.6 Å². The monoisotopic (exact) mass is 610 g/mol. The number of halogens is 1. The van der Waals surface area contributed by atoms with E-state index in [1.54, 1.807) is 30.8 Å². The summed E-state index contributed by atoms with van der Waals surface area (Å²) < 4.78 is 11.0. The average molecular weight is 611 g/mol. The third-order valence-electron chi connectivity index (χ3n) is 8.97. The molecule has 2 aliphatic carbocycles. The van der Waals surface area contributed by atoms with E-state index >= 15 is 0 Å². The van der Waals surface area contributed by atoms with E-state index in [1.807, 2.05) is 37.3 Å². The van der Waals surface area contributed by atoms with E-state index in [-0.39, 0.29) is 64.7 Å². The van der Waals surface area contributed by atoms with Gasteiger partial charge in [0.1, 0.15) is 5.75 Å². The van der Waals surface area contributed by atoms with Gasteiger partial charge in [0.05, 0.1) is 29.2 Å². The van der Waals surface area contributed by atoms with Crippen LogP contribution in [-0.4, -0.2) is 41.2 Å². The number of ether oxygens (including phenoxy) is 2. The highest BCUT2D eigenvalue weighted by Gasteiger charge is 2.69. The molecule has 1 saturated heterocycles. The molecule has 41 heavy (non-hydrogen) atoms. The number of nitrogens with one attached hydrogen (secondary N) is 1. The van der Waals surface area contributed by atoms with Gasteiger partial charge in [-0.15, -0.1) is 11.8 Å². The minimum Gasteiger partial charge on any atom is -0.482 e. The molecule has 2 saturated carbocycles. The molecule has 4 aliphatic rings. The number of imide groups is 1. The van der Waals surface area contributed by atoms with E-state index < -0.39 is 11.9 Å². The van der Waals surface area contributed by atoms with Crippen molar-refractivity contribution >= 4 is 58.2 Å². The lowest BCUT2D eigenvalue weighted by Crippen LogP contribution is -2.42. The van der Waals surface area contributed by atoms with E-state index in [4.69, 9.17) is 21.1 Å². The number of hydrogen-bond donors (Lipinski definition) is 1. The van der Waals surface area contributed by atoms with Crippen molar-refractivity contribution in [3.63, 3.8) is 0 Å². The molecule has 1 aromatic heterocycles. The fourth-order valence-electron chi connectivity index (χ4n) is 7.55. The van der Waals surface area contributed by atoms with Crippen LogP contribution in [0.4, 0.5) is 5.69 Å². The van der Waals surface area contributed by atoms with E-state index in [9.17, 15) is 19.2 Å². The van der Waals surface area contributed by atoms with Crippen molar-refractivity contribution < 1.29 is 23.9 Å². The van der Waals surface area contributed by atoms with Gasteiger partial charge in [-0.2, -0.15) is 0 Å². The molecule has 6 unspecified atom stereocenters. The second-order valence-corrected chi connectivity index (χ2v) is 13.7. The Labute approximate surface area is 249 Å². The van der Waals surface area contributed by atoms with Crippen LogP contribution in [0.3, 0.4) is 0 Å². The number of aryl methyl sites for hydroxylation is 1. The SMILES string of the molecule is CCOC(=O)COc1ccc(Cl)cc1[C@H]1c2sc(=O)[nH]c2SC2C3CC(C4C(=O)N(c5ccc(C)cc5)C(=O)C34)C21. The Morgan fingerprint density at radius 2 is 1.80 bits per heavy atom. The van der Waals surface area contributed by atoms with E-state index in [0.717, 1.165) is 38.8 Å². The van der Waals surface area contributed by atoms with Crippen molar-refractivity contribution in [2.45, 2.75) is 36.5 Å². The first kappa shape index (κ1) is 26.8. The zero-order valence-electron chi connectivity index (χ0n) is 22.3. The van der Waals surface area contributed by atoms with Crippen molar-refractivity contribution in [1.29, 1.82) is 0 Å². The summed E-state index contributed by atoms with van der Waals surface area (Å²) in [6.07, 6.45) is 0.770. The van der Waals surface area contributed by atoms with Gasteiger partial charge >= 0.3 is 10.8 Å². The Kier molecular flexibility index (Phi) is 6.55. The first-order valence-electron chi connectivity index (χ1n) is 13.7. The molecule has 7 rings (SSSR count). The van der Waals surface area contributed by atoms with Gasteiger partial charge < -0.3 is 14.5 Å². The van der Waals surface area contributed by atoms with Crippen molar-refractivity contribution in [3.05, 3.63) is 73.2 Å². The molecule has 7 atom stereocenters. The lowest BCUT2D eigenvalue weighted by molar-refractivity contribution is -0.145. The molecular weight excluding hydrogens is 584 g/mol. The van der Waals surface area contributed by atoms with E-state index in [1.165, 1.54) is 4.90 Å². The highest BCUT2D eigenvalue weighted by atomic mass is 35.5. The number of esters is 1. The molecule has 8 nitrogen and oxygen atoms in total. The Morgan fingerprint density at radius 1 is 1.07 bits per heavy atom. The molecule has 2 amide bonds. The summed E-state index contributed by atoms with van der Waals surface area (Å²) in [5, 5.41) is 1.32. The summed E-state index contributed by atoms with van der Waals surface area (Å²) in [5.74, 6) is -1.44. The number of H-pyrrole nitrogens is 1. The number of rotatable bonds is 6. The third kappa shape index (κ3) is 4.17. The molecule has 1 N–H and O–H groups in total. The number of thiazole rings is 1. The maximum atomic E-state index is 13.9. The molecule has 3 fully saturated rings. The van der Waals surface area contributed by atoms with Crippen LogP contribution in [0.25, 0.3) is 0 Å². The maximum Gasteiger partial charge on any atom is 0.344 e. The van der Waals surface area contributed by atoms with Gasteiger partial charge in [-0.05, 0) is 68.4 Å². The zero-order valence-corrected chi connectivity index (χ0v) is 24.7. The summed E-state index contributed by atoms with van der Waals surface area (Å²) in [5.41, 5.74) is 2.44. The smallest absolute Gasteiger partial charge is 0.344 e. The first-order chi connectivity index (χ1) is 19.8. The summed E-state index contributed by atoms with van der Waals surface area (Å²) >= 11 is 9.29. The highest BCUT2D eigenvalue weighted by Crippen LogP contribution is 2.69. The van der Waals surface area contributed by atoms with Crippen LogP contribution in [0.2, 0.25) is 5.02 Å². The van der Waals surface area contributed by atoms with Crippen LogP contribution >= 0.6 is 34.7 Å². The van der Waals surface area contributed by atoms with Crippen LogP contribution < -0.4 is 14.5 Å². The summed E-state index contributed by atoms with van der Waals surface area (Å²) in [7, 11) is 0. The molecule has 2 aliphatic heterocycles. The molecule has 212 valence electrons. The van der Waals surface area contributed by atoms with Gasteiger partial charge in [-0.3, -0.25) is 19.3 Å². The second kappa shape index (κ2) is 10.0. The minimum absolute atomic E-state index is 0.00552. The number of fused-ring (bicyclic) bond motifs is 9. The zero-order chi connectivity index (χ0) is 28.6. The van der Waals surface area contributed by atoms with E-state index in [2.05, 4.69) is 4.98 Å². The molecule has 0 spiro atoms. The van der Waals surface area contributed by atoms with Crippen molar-refractivity contribution in [2.75, 3.05) is 18.1 Å². The fraction of sp³-hybridized carbons (Fsp3) is 0.400. The van der Waals surface area contributed by atoms with Gasteiger partial charge in [0, 0.05) is 26.6 Å². The topological polar surface area (TPSA) is 106 Å². The Morgan fingerprint density at radius 3 is 2.54 bits per heavy atom. The van der Waals surface area contributed by atoms with Gasteiger partial charge in [0.2, 0.25) is 11.8 Å². The Bertz CT molecular complexity index is 1630.